The number of hydrogen-bond donors (Lipinski definition) is 2. The van der Waals surface area contributed by atoms with Crippen LogP contribution in [0, 0.1) is 6.92 Å². The van der Waals surface area contributed by atoms with Gasteiger partial charge in [-0.15, -0.1) is 0 Å². The first-order valence-electron chi connectivity index (χ1n) is 8.11. The first kappa shape index (κ1) is 16.7. The molecule has 0 spiro atoms. The Morgan fingerprint density at radius 2 is 1.88 bits per heavy atom. The highest BCUT2D eigenvalue weighted by Gasteiger charge is 2.21. The SMILES string of the molecule is Cc1cccc(NC(=O)c2nc(C(=O)NC(C)C)c3ccccn23)c1. The van der Waals surface area contributed by atoms with E-state index in [0.717, 1.165) is 5.56 Å². The first-order chi connectivity index (χ1) is 12.0. The molecule has 0 saturated heterocycles. The van der Waals surface area contributed by atoms with Gasteiger partial charge in [0.1, 0.15) is 0 Å². The highest BCUT2D eigenvalue weighted by molar-refractivity contribution is 6.06. The summed E-state index contributed by atoms with van der Waals surface area (Å²) in [7, 11) is 0. The molecule has 2 N–H and O–H groups in total. The van der Waals surface area contributed by atoms with Gasteiger partial charge < -0.3 is 10.6 Å². The van der Waals surface area contributed by atoms with Gasteiger partial charge in [0.2, 0.25) is 5.82 Å². The Kier molecular flexibility index (Phi) is 4.52. The Balaban J connectivity index is 1.98. The average Bonchev–Trinajstić information content (AvgIpc) is 2.94. The van der Waals surface area contributed by atoms with E-state index in [2.05, 4.69) is 15.6 Å². The first-order valence-corrected chi connectivity index (χ1v) is 8.11. The number of pyridine rings is 1. The molecule has 0 saturated carbocycles. The second-order valence-corrected chi connectivity index (χ2v) is 6.19. The van der Waals surface area contributed by atoms with Crippen LogP contribution < -0.4 is 10.6 Å². The van der Waals surface area contributed by atoms with Crippen molar-refractivity contribution in [3.63, 3.8) is 0 Å². The zero-order valence-corrected chi connectivity index (χ0v) is 14.4. The fourth-order valence-corrected chi connectivity index (χ4v) is 2.61. The maximum Gasteiger partial charge on any atom is 0.292 e. The Bertz CT molecular complexity index is 944. The Morgan fingerprint density at radius 3 is 2.60 bits per heavy atom. The number of carbonyl (C=O) groups excluding carboxylic acids is 2. The third kappa shape index (κ3) is 3.52. The summed E-state index contributed by atoms with van der Waals surface area (Å²) >= 11 is 0. The lowest BCUT2D eigenvalue weighted by atomic mass is 10.2. The van der Waals surface area contributed by atoms with E-state index in [9.17, 15) is 9.59 Å². The van der Waals surface area contributed by atoms with Crippen LogP contribution in [0.2, 0.25) is 0 Å². The predicted molar refractivity (Wildman–Crippen MR) is 96.9 cm³/mol. The molecule has 2 amide bonds. The molecule has 6 heteroatoms. The van der Waals surface area contributed by atoms with Crippen molar-refractivity contribution in [2.45, 2.75) is 26.8 Å². The van der Waals surface area contributed by atoms with E-state index in [1.807, 2.05) is 51.1 Å². The molecule has 0 fully saturated rings. The average molecular weight is 336 g/mol. The number of imidazole rings is 1. The van der Waals surface area contributed by atoms with E-state index in [1.54, 1.807) is 22.7 Å². The second kappa shape index (κ2) is 6.76. The number of anilines is 1. The van der Waals surface area contributed by atoms with Gasteiger partial charge in [-0.1, -0.05) is 18.2 Å². The number of fused-ring (bicyclic) bond motifs is 1. The summed E-state index contributed by atoms with van der Waals surface area (Å²) < 4.78 is 1.63. The molecule has 3 aromatic rings. The number of benzene rings is 1. The van der Waals surface area contributed by atoms with Crippen molar-refractivity contribution >= 4 is 23.0 Å². The van der Waals surface area contributed by atoms with Gasteiger partial charge in [-0.05, 0) is 50.6 Å². The van der Waals surface area contributed by atoms with Crippen molar-refractivity contribution in [2.24, 2.45) is 0 Å². The van der Waals surface area contributed by atoms with Crippen LogP contribution in [0.25, 0.3) is 5.52 Å². The molecule has 0 aliphatic rings. The fraction of sp³-hybridized carbons (Fsp3) is 0.211. The number of aryl methyl sites for hydroxylation is 1. The normalized spacial score (nSPS) is 10.9. The molecule has 128 valence electrons. The summed E-state index contributed by atoms with van der Waals surface area (Å²) in [4.78, 5) is 29.4. The van der Waals surface area contributed by atoms with Crippen LogP contribution in [0.4, 0.5) is 5.69 Å². The Labute approximate surface area is 145 Å². The number of nitrogens with zero attached hydrogens (tertiary/aromatic N) is 2. The molecule has 2 aromatic heterocycles. The van der Waals surface area contributed by atoms with Gasteiger partial charge in [-0.25, -0.2) is 4.98 Å². The van der Waals surface area contributed by atoms with Crippen LogP contribution in [0.1, 0.15) is 40.5 Å². The maximum absolute atomic E-state index is 12.7. The van der Waals surface area contributed by atoms with E-state index in [1.165, 1.54) is 0 Å². The summed E-state index contributed by atoms with van der Waals surface area (Å²) in [6.45, 7) is 5.71. The number of hydrogen-bond acceptors (Lipinski definition) is 3. The van der Waals surface area contributed by atoms with Crippen molar-refractivity contribution in [1.29, 1.82) is 0 Å². The molecular formula is C19H20N4O2. The van der Waals surface area contributed by atoms with Gasteiger partial charge in [0.25, 0.3) is 11.8 Å². The van der Waals surface area contributed by atoms with Gasteiger partial charge >= 0.3 is 0 Å². The monoisotopic (exact) mass is 336 g/mol. The van der Waals surface area contributed by atoms with Crippen molar-refractivity contribution in [2.75, 3.05) is 5.32 Å². The van der Waals surface area contributed by atoms with E-state index >= 15 is 0 Å². The van der Waals surface area contributed by atoms with Crippen LogP contribution in [0.3, 0.4) is 0 Å². The number of rotatable bonds is 4. The smallest absolute Gasteiger partial charge is 0.292 e. The molecule has 0 atom stereocenters. The van der Waals surface area contributed by atoms with Gasteiger partial charge in [-0.3, -0.25) is 14.0 Å². The third-order valence-corrected chi connectivity index (χ3v) is 3.66. The van der Waals surface area contributed by atoms with Crippen molar-refractivity contribution in [3.8, 4) is 0 Å². The van der Waals surface area contributed by atoms with Gasteiger partial charge in [0.15, 0.2) is 5.69 Å². The molecule has 0 aliphatic heterocycles. The molecular weight excluding hydrogens is 316 g/mol. The lowest BCUT2D eigenvalue weighted by Crippen LogP contribution is -2.30. The summed E-state index contributed by atoms with van der Waals surface area (Å²) in [6.07, 6.45) is 1.72. The summed E-state index contributed by atoms with van der Waals surface area (Å²) in [6, 6.07) is 12.9. The highest BCUT2D eigenvalue weighted by atomic mass is 16.2. The molecule has 3 rings (SSSR count). The number of carbonyl (C=O) groups is 2. The lowest BCUT2D eigenvalue weighted by Gasteiger charge is -2.06. The summed E-state index contributed by atoms with van der Waals surface area (Å²) in [5.41, 5.74) is 2.56. The minimum absolute atomic E-state index is 0.0162. The standard InChI is InChI=1S/C19H20N4O2/c1-12(2)20-18(24)16-15-9-4-5-10-23(15)17(22-16)19(25)21-14-8-6-7-13(3)11-14/h4-12H,1-3H3,(H,20,24)(H,21,25). The van der Waals surface area contributed by atoms with Gasteiger partial charge in [0.05, 0.1) is 5.52 Å². The van der Waals surface area contributed by atoms with Crippen molar-refractivity contribution in [1.82, 2.24) is 14.7 Å². The number of nitrogens with one attached hydrogen (secondary N) is 2. The fourth-order valence-electron chi connectivity index (χ4n) is 2.61. The van der Waals surface area contributed by atoms with Crippen LogP contribution in [0.15, 0.2) is 48.7 Å². The van der Waals surface area contributed by atoms with Crippen LogP contribution >= 0.6 is 0 Å². The van der Waals surface area contributed by atoms with Crippen molar-refractivity contribution in [3.05, 3.63) is 65.7 Å². The zero-order valence-electron chi connectivity index (χ0n) is 14.4. The van der Waals surface area contributed by atoms with Gasteiger partial charge in [0, 0.05) is 17.9 Å². The zero-order chi connectivity index (χ0) is 18.0. The number of aromatic nitrogens is 2. The topological polar surface area (TPSA) is 75.5 Å². The largest absolute Gasteiger partial charge is 0.348 e. The lowest BCUT2D eigenvalue weighted by molar-refractivity contribution is 0.0940. The minimum atomic E-state index is -0.365. The molecule has 6 nitrogen and oxygen atoms in total. The van der Waals surface area contributed by atoms with E-state index in [-0.39, 0.29) is 29.4 Å². The predicted octanol–water partition coefficient (Wildman–Crippen LogP) is 3.03. The molecule has 25 heavy (non-hydrogen) atoms. The summed E-state index contributed by atoms with van der Waals surface area (Å²) in [5.74, 6) is -0.491. The molecule has 0 bridgehead atoms. The molecule has 0 aliphatic carbocycles. The molecule has 1 aromatic carbocycles. The molecule has 0 radical (unpaired) electrons. The van der Waals surface area contributed by atoms with E-state index in [4.69, 9.17) is 0 Å². The minimum Gasteiger partial charge on any atom is -0.348 e. The number of amides is 2. The molecule has 2 heterocycles. The van der Waals surface area contributed by atoms with E-state index < -0.39 is 0 Å². The molecule has 0 unspecified atom stereocenters. The third-order valence-electron chi connectivity index (χ3n) is 3.66. The van der Waals surface area contributed by atoms with Crippen LogP contribution in [-0.2, 0) is 0 Å². The summed E-state index contributed by atoms with van der Waals surface area (Å²) in [5, 5.41) is 5.64. The second-order valence-electron chi connectivity index (χ2n) is 6.19. The maximum atomic E-state index is 12.7. The highest BCUT2D eigenvalue weighted by Crippen LogP contribution is 2.16. The van der Waals surface area contributed by atoms with Gasteiger partial charge in [-0.2, -0.15) is 0 Å². The van der Waals surface area contributed by atoms with Crippen LogP contribution in [0.5, 0.6) is 0 Å². The van der Waals surface area contributed by atoms with Crippen molar-refractivity contribution < 1.29 is 9.59 Å². The van der Waals surface area contributed by atoms with Crippen LogP contribution in [-0.4, -0.2) is 27.2 Å². The quantitative estimate of drug-likeness (QED) is 0.769. The Hall–Kier alpha value is -3.15. The Morgan fingerprint density at radius 1 is 1.08 bits per heavy atom. The van der Waals surface area contributed by atoms with E-state index in [0.29, 0.717) is 11.2 Å².